The molecular formula is C16H28N2O. The van der Waals surface area contributed by atoms with Crippen LogP contribution in [0.25, 0.3) is 0 Å². The second kappa shape index (κ2) is 10.8. The van der Waals surface area contributed by atoms with E-state index in [9.17, 15) is 0 Å². The minimum Gasteiger partial charge on any atom is -0.380 e. The number of ether oxygens (including phenoxy) is 1. The van der Waals surface area contributed by atoms with E-state index in [1.165, 1.54) is 18.5 Å². The van der Waals surface area contributed by atoms with Crippen molar-refractivity contribution in [1.82, 2.24) is 5.32 Å². The molecule has 3 heteroatoms. The zero-order valence-corrected chi connectivity index (χ0v) is 12.4. The number of unbranched alkanes of at least 4 members (excludes halogenated alkanes) is 1. The number of benzene rings is 1. The minimum atomic E-state index is 0.828. The molecule has 0 fully saturated rings. The molecule has 0 spiro atoms. The average molecular weight is 264 g/mol. The standard InChI is InChI=1S/C16H28N2O/c1-3-4-14-19-15-12-17-11-8-13-18(2)16-9-6-5-7-10-16/h5-7,9-10,17H,3-4,8,11-15H2,1-2H3. The zero-order chi connectivity index (χ0) is 13.8. The fraction of sp³-hybridized carbons (Fsp3) is 0.625. The van der Waals surface area contributed by atoms with Crippen molar-refractivity contribution in [3.63, 3.8) is 0 Å². The first-order chi connectivity index (χ1) is 9.34. The SMILES string of the molecule is CCCCOCCNCCCN(C)c1ccccc1. The van der Waals surface area contributed by atoms with Crippen LogP contribution in [0.5, 0.6) is 0 Å². The Kier molecular flexibility index (Phi) is 9.11. The number of nitrogens with one attached hydrogen (secondary N) is 1. The lowest BCUT2D eigenvalue weighted by Crippen LogP contribution is -2.26. The maximum absolute atomic E-state index is 5.50. The van der Waals surface area contributed by atoms with Crippen molar-refractivity contribution in [2.24, 2.45) is 0 Å². The second-order valence-corrected chi connectivity index (χ2v) is 4.83. The summed E-state index contributed by atoms with van der Waals surface area (Å²) < 4.78 is 5.50. The molecule has 0 heterocycles. The Morgan fingerprint density at radius 3 is 2.58 bits per heavy atom. The molecule has 0 bridgehead atoms. The molecule has 0 aliphatic rings. The van der Waals surface area contributed by atoms with Crippen LogP contribution < -0.4 is 10.2 Å². The van der Waals surface area contributed by atoms with E-state index < -0.39 is 0 Å². The topological polar surface area (TPSA) is 24.5 Å². The predicted octanol–water partition coefficient (Wildman–Crippen LogP) is 2.92. The smallest absolute Gasteiger partial charge is 0.0590 e. The molecule has 108 valence electrons. The quantitative estimate of drug-likeness (QED) is 0.622. The van der Waals surface area contributed by atoms with Crippen molar-refractivity contribution >= 4 is 5.69 Å². The van der Waals surface area contributed by atoms with E-state index in [2.05, 4.69) is 54.5 Å². The summed E-state index contributed by atoms with van der Waals surface area (Å²) in [4.78, 5) is 2.29. The molecule has 0 aromatic heterocycles. The Hall–Kier alpha value is -1.06. The number of nitrogens with zero attached hydrogens (tertiary/aromatic N) is 1. The van der Waals surface area contributed by atoms with Gasteiger partial charge in [0.25, 0.3) is 0 Å². The Bertz CT molecular complexity index is 303. The normalized spacial score (nSPS) is 10.6. The van der Waals surface area contributed by atoms with Gasteiger partial charge in [0.05, 0.1) is 6.61 Å². The summed E-state index contributed by atoms with van der Waals surface area (Å²) in [6.07, 6.45) is 3.53. The molecule has 0 unspecified atom stereocenters. The maximum atomic E-state index is 5.50. The van der Waals surface area contributed by atoms with E-state index in [1.54, 1.807) is 0 Å². The molecule has 1 N–H and O–H groups in total. The molecule has 0 amide bonds. The first kappa shape index (κ1) is 16.0. The van der Waals surface area contributed by atoms with E-state index in [0.717, 1.165) is 39.3 Å². The van der Waals surface area contributed by atoms with Crippen LogP contribution in [0.4, 0.5) is 5.69 Å². The van der Waals surface area contributed by atoms with Crippen LogP contribution in [-0.2, 0) is 4.74 Å². The van der Waals surface area contributed by atoms with Gasteiger partial charge in [-0.15, -0.1) is 0 Å². The first-order valence-electron chi connectivity index (χ1n) is 7.39. The van der Waals surface area contributed by atoms with E-state index in [-0.39, 0.29) is 0 Å². The van der Waals surface area contributed by atoms with Gasteiger partial charge in [-0.25, -0.2) is 0 Å². The highest BCUT2D eigenvalue weighted by molar-refractivity contribution is 5.44. The number of hydrogen-bond donors (Lipinski definition) is 1. The molecular weight excluding hydrogens is 236 g/mol. The lowest BCUT2D eigenvalue weighted by atomic mass is 10.3. The van der Waals surface area contributed by atoms with Crippen LogP contribution in [0, 0.1) is 0 Å². The van der Waals surface area contributed by atoms with Crippen LogP contribution >= 0.6 is 0 Å². The number of para-hydroxylation sites is 1. The molecule has 1 rings (SSSR count). The maximum Gasteiger partial charge on any atom is 0.0590 e. The molecule has 1 aromatic rings. The van der Waals surface area contributed by atoms with Crippen LogP contribution in [0.2, 0.25) is 0 Å². The Morgan fingerprint density at radius 2 is 1.84 bits per heavy atom. The third-order valence-electron chi connectivity index (χ3n) is 3.11. The molecule has 3 nitrogen and oxygen atoms in total. The Labute approximate surface area is 118 Å². The molecule has 0 saturated carbocycles. The summed E-state index contributed by atoms with van der Waals surface area (Å²) in [5.74, 6) is 0. The summed E-state index contributed by atoms with van der Waals surface area (Å²) >= 11 is 0. The molecule has 0 aliphatic carbocycles. The third kappa shape index (κ3) is 7.85. The zero-order valence-electron chi connectivity index (χ0n) is 12.4. The van der Waals surface area contributed by atoms with Gasteiger partial charge in [-0.05, 0) is 31.5 Å². The van der Waals surface area contributed by atoms with E-state index in [1.807, 2.05) is 0 Å². The van der Waals surface area contributed by atoms with Crippen molar-refractivity contribution in [1.29, 1.82) is 0 Å². The van der Waals surface area contributed by atoms with E-state index >= 15 is 0 Å². The lowest BCUT2D eigenvalue weighted by Gasteiger charge is -2.19. The van der Waals surface area contributed by atoms with E-state index in [4.69, 9.17) is 4.74 Å². The third-order valence-corrected chi connectivity index (χ3v) is 3.11. The van der Waals surface area contributed by atoms with Gasteiger partial charge in [0.2, 0.25) is 0 Å². The van der Waals surface area contributed by atoms with Crippen LogP contribution in [0.3, 0.4) is 0 Å². The van der Waals surface area contributed by atoms with Gasteiger partial charge in [0.15, 0.2) is 0 Å². The summed E-state index contributed by atoms with van der Waals surface area (Å²) in [5, 5.41) is 3.42. The molecule has 0 atom stereocenters. The van der Waals surface area contributed by atoms with Gasteiger partial charge in [0, 0.05) is 32.4 Å². The summed E-state index contributed by atoms with van der Waals surface area (Å²) in [6, 6.07) is 10.5. The average Bonchev–Trinajstić information content (AvgIpc) is 2.46. The lowest BCUT2D eigenvalue weighted by molar-refractivity contribution is 0.133. The molecule has 1 aromatic carbocycles. The van der Waals surface area contributed by atoms with Crippen molar-refractivity contribution in [2.75, 3.05) is 44.8 Å². The summed E-state index contributed by atoms with van der Waals surface area (Å²) in [7, 11) is 2.14. The van der Waals surface area contributed by atoms with Gasteiger partial charge >= 0.3 is 0 Å². The summed E-state index contributed by atoms with van der Waals surface area (Å²) in [6.45, 7) is 7.00. The number of anilines is 1. The predicted molar refractivity (Wildman–Crippen MR) is 82.9 cm³/mol. The van der Waals surface area contributed by atoms with Crippen molar-refractivity contribution in [3.8, 4) is 0 Å². The van der Waals surface area contributed by atoms with Gasteiger partial charge in [-0.1, -0.05) is 31.5 Å². The molecule has 0 saturated heterocycles. The Morgan fingerprint density at radius 1 is 1.05 bits per heavy atom. The van der Waals surface area contributed by atoms with Crippen LogP contribution in [-0.4, -0.2) is 39.9 Å². The monoisotopic (exact) mass is 264 g/mol. The number of rotatable bonds is 11. The second-order valence-electron chi connectivity index (χ2n) is 4.83. The highest BCUT2D eigenvalue weighted by Crippen LogP contribution is 2.10. The van der Waals surface area contributed by atoms with Gasteiger partial charge in [-0.2, -0.15) is 0 Å². The van der Waals surface area contributed by atoms with Crippen LogP contribution in [0.15, 0.2) is 30.3 Å². The Balaban J connectivity index is 1.93. The van der Waals surface area contributed by atoms with Gasteiger partial charge < -0.3 is 15.0 Å². The largest absolute Gasteiger partial charge is 0.380 e. The number of hydrogen-bond acceptors (Lipinski definition) is 3. The fourth-order valence-electron chi connectivity index (χ4n) is 1.87. The van der Waals surface area contributed by atoms with Crippen LogP contribution in [0.1, 0.15) is 26.2 Å². The van der Waals surface area contributed by atoms with E-state index in [0.29, 0.717) is 0 Å². The molecule has 19 heavy (non-hydrogen) atoms. The molecule has 0 aliphatic heterocycles. The van der Waals surface area contributed by atoms with Gasteiger partial charge in [0.1, 0.15) is 0 Å². The highest BCUT2D eigenvalue weighted by atomic mass is 16.5. The minimum absolute atomic E-state index is 0.828. The van der Waals surface area contributed by atoms with Gasteiger partial charge in [-0.3, -0.25) is 0 Å². The van der Waals surface area contributed by atoms with Crippen molar-refractivity contribution in [2.45, 2.75) is 26.2 Å². The molecule has 0 radical (unpaired) electrons. The fourth-order valence-corrected chi connectivity index (χ4v) is 1.87. The van der Waals surface area contributed by atoms with Crippen molar-refractivity contribution in [3.05, 3.63) is 30.3 Å². The first-order valence-corrected chi connectivity index (χ1v) is 7.39. The summed E-state index contributed by atoms with van der Waals surface area (Å²) in [5.41, 5.74) is 1.28. The highest BCUT2D eigenvalue weighted by Gasteiger charge is 1.98. The van der Waals surface area contributed by atoms with Crippen molar-refractivity contribution < 1.29 is 4.74 Å².